The number of nitrogens with zero attached hydrogens (tertiary/aromatic N) is 3. The van der Waals surface area contributed by atoms with Gasteiger partial charge in [-0.15, -0.1) is 0 Å². The number of benzene rings is 2. The lowest BCUT2D eigenvalue weighted by Gasteiger charge is -2.27. The molecule has 2 aromatic rings. The number of barbiturate groups is 1. The van der Waals surface area contributed by atoms with Crippen LogP contribution in [0.5, 0.6) is 0 Å². The van der Waals surface area contributed by atoms with Crippen LogP contribution in [0.4, 0.5) is 9.59 Å². The van der Waals surface area contributed by atoms with Crippen molar-refractivity contribution in [2.24, 2.45) is 5.16 Å². The van der Waals surface area contributed by atoms with E-state index in [-0.39, 0.29) is 12.5 Å². The van der Waals surface area contributed by atoms with E-state index >= 15 is 0 Å². The predicted molar refractivity (Wildman–Crippen MR) is 117 cm³/mol. The summed E-state index contributed by atoms with van der Waals surface area (Å²) in [4.78, 5) is 54.1. The standard InChI is InChI=1S/C22H19N3O6S/c1-24-19(26)18(20(27)25(2)21(24)28)23-31-22(29)30-10-17-14-6-4-3-5-13(14)15-8-7-12(11-32)9-16(15)17/h3-9,17,32H,10-11H2,1-2H3. The molecule has 32 heavy (non-hydrogen) atoms. The fourth-order valence-corrected chi connectivity index (χ4v) is 3.98. The van der Waals surface area contributed by atoms with Gasteiger partial charge in [0.2, 0.25) is 5.71 Å². The van der Waals surface area contributed by atoms with Crippen molar-refractivity contribution < 1.29 is 28.8 Å². The molecule has 1 aliphatic carbocycles. The second kappa shape index (κ2) is 8.46. The SMILES string of the molecule is CN1C(=O)C(=NOC(=O)OCC2c3ccccc3-c3ccc(CS)cc32)C(=O)N(C)C1=O. The Morgan fingerprint density at radius 3 is 2.34 bits per heavy atom. The minimum Gasteiger partial charge on any atom is -0.432 e. The molecule has 4 rings (SSSR count). The summed E-state index contributed by atoms with van der Waals surface area (Å²) < 4.78 is 5.25. The van der Waals surface area contributed by atoms with Crippen LogP contribution >= 0.6 is 12.6 Å². The third-order valence-corrected chi connectivity index (χ3v) is 5.83. The second-order valence-corrected chi connectivity index (χ2v) is 7.64. The Balaban J connectivity index is 1.49. The van der Waals surface area contributed by atoms with Crippen molar-refractivity contribution in [2.75, 3.05) is 20.7 Å². The van der Waals surface area contributed by atoms with Gasteiger partial charge in [0, 0.05) is 25.8 Å². The molecule has 9 nitrogen and oxygen atoms in total. The van der Waals surface area contributed by atoms with E-state index in [9.17, 15) is 19.2 Å². The molecule has 1 aliphatic heterocycles. The van der Waals surface area contributed by atoms with E-state index in [0.717, 1.165) is 27.8 Å². The topological polar surface area (TPSA) is 106 Å². The van der Waals surface area contributed by atoms with Gasteiger partial charge >= 0.3 is 12.2 Å². The summed E-state index contributed by atoms with van der Waals surface area (Å²) in [5, 5.41) is 3.34. The van der Waals surface area contributed by atoms with E-state index in [1.54, 1.807) is 0 Å². The highest BCUT2D eigenvalue weighted by Crippen LogP contribution is 2.45. The molecule has 164 valence electrons. The number of oxime groups is 1. The van der Waals surface area contributed by atoms with Crippen molar-refractivity contribution in [3.05, 3.63) is 59.2 Å². The Morgan fingerprint density at radius 1 is 1.00 bits per heavy atom. The molecule has 0 N–H and O–H groups in total. The number of ether oxygens (including phenoxy) is 1. The van der Waals surface area contributed by atoms with Crippen molar-refractivity contribution in [1.29, 1.82) is 0 Å². The number of carbonyl (C=O) groups excluding carboxylic acids is 4. The van der Waals surface area contributed by atoms with Gasteiger partial charge in [-0.05, 0) is 27.8 Å². The van der Waals surface area contributed by atoms with E-state index in [1.807, 2.05) is 42.5 Å². The molecule has 0 spiro atoms. The van der Waals surface area contributed by atoms with E-state index in [4.69, 9.17) is 4.74 Å². The Bertz CT molecular complexity index is 1150. The van der Waals surface area contributed by atoms with Gasteiger partial charge in [-0.3, -0.25) is 24.2 Å². The van der Waals surface area contributed by atoms with Crippen LogP contribution in [0.3, 0.4) is 0 Å². The summed E-state index contributed by atoms with van der Waals surface area (Å²) in [5.74, 6) is -1.58. The molecule has 1 atom stereocenters. The van der Waals surface area contributed by atoms with Crippen LogP contribution in [0.2, 0.25) is 0 Å². The minimum atomic E-state index is -1.17. The fourth-order valence-electron chi connectivity index (χ4n) is 3.78. The number of carbonyl (C=O) groups is 4. The van der Waals surface area contributed by atoms with Crippen molar-refractivity contribution in [2.45, 2.75) is 11.7 Å². The van der Waals surface area contributed by atoms with Gasteiger partial charge in [-0.25, -0.2) is 9.59 Å². The Morgan fingerprint density at radius 2 is 1.66 bits per heavy atom. The van der Waals surface area contributed by atoms with E-state index in [2.05, 4.69) is 22.6 Å². The third-order valence-electron chi connectivity index (χ3n) is 5.47. The average Bonchev–Trinajstić information content (AvgIpc) is 3.12. The fraction of sp³-hybridized carbons (Fsp3) is 0.227. The zero-order valence-electron chi connectivity index (χ0n) is 17.3. The average molecular weight is 453 g/mol. The molecule has 1 unspecified atom stereocenters. The quantitative estimate of drug-likeness (QED) is 0.330. The van der Waals surface area contributed by atoms with Crippen LogP contribution < -0.4 is 0 Å². The number of fused-ring (bicyclic) bond motifs is 3. The van der Waals surface area contributed by atoms with Gasteiger partial charge in [0.15, 0.2) is 0 Å². The number of hydrogen-bond acceptors (Lipinski definition) is 8. The lowest BCUT2D eigenvalue weighted by molar-refractivity contribution is -0.129. The van der Waals surface area contributed by atoms with Gasteiger partial charge in [-0.2, -0.15) is 12.6 Å². The molecule has 1 fully saturated rings. The van der Waals surface area contributed by atoms with E-state index < -0.39 is 29.7 Å². The van der Waals surface area contributed by atoms with E-state index in [1.165, 1.54) is 14.1 Å². The first-order valence-electron chi connectivity index (χ1n) is 9.68. The summed E-state index contributed by atoms with van der Waals surface area (Å²) in [6.07, 6.45) is -1.17. The van der Waals surface area contributed by atoms with Crippen LogP contribution in [0.25, 0.3) is 11.1 Å². The highest BCUT2D eigenvalue weighted by Gasteiger charge is 2.40. The molecule has 10 heteroatoms. The molecule has 0 saturated carbocycles. The van der Waals surface area contributed by atoms with Gasteiger partial charge in [0.25, 0.3) is 11.8 Å². The van der Waals surface area contributed by atoms with Gasteiger partial charge in [0.1, 0.15) is 6.61 Å². The van der Waals surface area contributed by atoms with Crippen LogP contribution in [0.15, 0.2) is 47.6 Å². The smallest absolute Gasteiger partial charge is 0.432 e. The second-order valence-electron chi connectivity index (χ2n) is 7.32. The molecular weight excluding hydrogens is 434 g/mol. The first-order valence-corrected chi connectivity index (χ1v) is 10.3. The number of imide groups is 2. The number of thiol groups is 1. The van der Waals surface area contributed by atoms with Crippen molar-refractivity contribution >= 4 is 42.3 Å². The molecule has 2 aliphatic rings. The van der Waals surface area contributed by atoms with Crippen molar-refractivity contribution in [3.63, 3.8) is 0 Å². The maximum absolute atomic E-state index is 12.1. The molecule has 0 aromatic heterocycles. The summed E-state index contributed by atoms with van der Waals surface area (Å²) in [7, 11) is 2.38. The number of rotatable bonds is 4. The largest absolute Gasteiger partial charge is 0.535 e. The third kappa shape index (κ3) is 3.62. The van der Waals surface area contributed by atoms with Gasteiger partial charge in [0.05, 0.1) is 0 Å². The summed E-state index contributed by atoms with van der Waals surface area (Å²) >= 11 is 4.33. The van der Waals surface area contributed by atoms with Crippen molar-refractivity contribution in [1.82, 2.24) is 9.80 Å². The Labute approximate surface area is 189 Å². The maximum Gasteiger partial charge on any atom is 0.535 e. The monoisotopic (exact) mass is 453 g/mol. The number of amides is 4. The first kappa shape index (κ1) is 21.6. The van der Waals surface area contributed by atoms with Crippen LogP contribution in [-0.2, 0) is 24.9 Å². The zero-order valence-corrected chi connectivity index (χ0v) is 18.2. The lowest BCUT2D eigenvalue weighted by Crippen LogP contribution is -2.57. The van der Waals surface area contributed by atoms with E-state index in [0.29, 0.717) is 15.6 Å². The Kier molecular flexibility index (Phi) is 5.70. The zero-order chi connectivity index (χ0) is 23.0. The summed E-state index contributed by atoms with van der Waals surface area (Å²) in [6.45, 7) is -0.0239. The minimum absolute atomic E-state index is 0.0239. The highest BCUT2D eigenvalue weighted by molar-refractivity contribution is 7.79. The van der Waals surface area contributed by atoms with Gasteiger partial charge in [-0.1, -0.05) is 47.6 Å². The molecule has 0 radical (unpaired) electrons. The molecule has 2 aromatic carbocycles. The van der Waals surface area contributed by atoms with Crippen molar-refractivity contribution in [3.8, 4) is 11.1 Å². The van der Waals surface area contributed by atoms with Gasteiger partial charge < -0.3 is 4.74 Å². The molecule has 1 saturated heterocycles. The maximum atomic E-state index is 12.1. The van der Waals surface area contributed by atoms with Crippen LogP contribution in [0.1, 0.15) is 22.6 Å². The number of hydrogen-bond donors (Lipinski definition) is 1. The summed E-state index contributed by atoms with van der Waals surface area (Å²) in [6, 6.07) is 13.1. The normalized spacial score (nSPS) is 17.3. The predicted octanol–water partition coefficient (Wildman–Crippen LogP) is 2.79. The first-order chi connectivity index (χ1) is 15.3. The summed E-state index contributed by atoms with van der Waals surface area (Å²) in [5.41, 5.74) is 4.48. The molecule has 4 amide bonds. The molecule has 1 heterocycles. The van der Waals surface area contributed by atoms with Crippen LogP contribution in [0, 0.1) is 0 Å². The number of urea groups is 1. The molecule has 0 bridgehead atoms. The van der Waals surface area contributed by atoms with Crippen LogP contribution in [-0.4, -0.2) is 60.2 Å². The Hall–Kier alpha value is -3.66. The molecular formula is C22H19N3O6S. The lowest BCUT2D eigenvalue weighted by atomic mass is 9.97. The highest BCUT2D eigenvalue weighted by atomic mass is 32.1.